The number of likely N-dealkylation sites (tertiary alicyclic amines) is 1. The number of aromatic carboxylic acids is 1. The molecule has 1 N–H and O–H groups in total. The van der Waals surface area contributed by atoms with Gasteiger partial charge in [-0.2, -0.15) is 0 Å². The SMILES string of the molecule is O=C(O)c1cccc(C(=O)N2CCC(C(=O)c3ccccc3)CC2)c1. The summed E-state index contributed by atoms with van der Waals surface area (Å²) in [5, 5.41) is 9.04. The summed E-state index contributed by atoms with van der Waals surface area (Å²) in [6, 6.07) is 15.3. The number of hydrogen-bond acceptors (Lipinski definition) is 3. The van der Waals surface area contributed by atoms with E-state index in [1.807, 2.05) is 30.3 Å². The van der Waals surface area contributed by atoms with Gasteiger partial charge in [-0.15, -0.1) is 0 Å². The molecule has 2 aromatic carbocycles. The molecule has 0 atom stereocenters. The van der Waals surface area contributed by atoms with Gasteiger partial charge in [-0.1, -0.05) is 36.4 Å². The lowest BCUT2D eigenvalue weighted by Gasteiger charge is -2.31. The maximum absolute atomic E-state index is 12.6. The summed E-state index contributed by atoms with van der Waals surface area (Å²) in [5.41, 5.74) is 1.18. The summed E-state index contributed by atoms with van der Waals surface area (Å²) < 4.78 is 0. The number of hydrogen-bond donors (Lipinski definition) is 1. The zero-order valence-corrected chi connectivity index (χ0v) is 13.7. The van der Waals surface area contributed by atoms with E-state index in [2.05, 4.69) is 0 Å². The monoisotopic (exact) mass is 337 g/mol. The highest BCUT2D eigenvalue weighted by atomic mass is 16.4. The largest absolute Gasteiger partial charge is 0.478 e. The number of carbonyl (C=O) groups is 3. The van der Waals surface area contributed by atoms with Gasteiger partial charge in [0.2, 0.25) is 0 Å². The van der Waals surface area contributed by atoms with Crippen molar-refractivity contribution in [2.75, 3.05) is 13.1 Å². The molecular weight excluding hydrogens is 318 g/mol. The molecule has 0 saturated carbocycles. The highest BCUT2D eigenvalue weighted by molar-refractivity contribution is 5.99. The third kappa shape index (κ3) is 3.76. The molecule has 0 unspecified atom stereocenters. The van der Waals surface area contributed by atoms with Crippen LogP contribution in [0.2, 0.25) is 0 Å². The van der Waals surface area contributed by atoms with Crippen molar-refractivity contribution in [3.8, 4) is 0 Å². The van der Waals surface area contributed by atoms with E-state index < -0.39 is 5.97 Å². The van der Waals surface area contributed by atoms with Crippen molar-refractivity contribution in [1.29, 1.82) is 0 Å². The minimum absolute atomic E-state index is 0.0724. The van der Waals surface area contributed by atoms with Crippen molar-refractivity contribution < 1.29 is 19.5 Å². The molecule has 5 nitrogen and oxygen atoms in total. The van der Waals surface area contributed by atoms with Crippen LogP contribution in [0.4, 0.5) is 0 Å². The van der Waals surface area contributed by atoms with Gasteiger partial charge in [0.15, 0.2) is 5.78 Å². The first-order chi connectivity index (χ1) is 12.1. The Kier molecular flexibility index (Phi) is 4.93. The summed E-state index contributed by atoms with van der Waals surface area (Å²) in [7, 11) is 0. The third-order valence-corrected chi connectivity index (χ3v) is 4.57. The third-order valence-electron chi connectivity index (χ3n) is 4.57. The Hall–Kier alpha value is -2.95. The molecule has 0 bridgehead atoms. The van der Waals surface area contributed by atoms with Crippen LogP contribution < -0.4 is 0 Å². The van der Waals surface area contributed by atoms with Gasteiger partial charge in [-0.05, 0) is 31.0 Å². The average molecular weight is 337 g/mol. The van der Waals surface area contributed by atoms with E-state index in [0.29, 0.717) is 37.1 Å². The number of carboxylic acid groups (broad SMARTS) is 1. The van der Waals surface area contributed by atoms with Crippen molar-refractivity contribution in [3.05, 3.63) is 71.3 Å². The lowest BCUT2D eigenvalue weighted by Crippen LogP contribution is -2.40. The number of piperidine rings is 1. The van der Waals surface area contributed by atoms with Crippen LogP contribution in [0.25, 0.3) is 0 Å². The van der Waals surface area contributed by atoms with Crippen LogP contribution in [0.5, 0.6) is 0 Å². The summed E-state index contributed by atoms with van der Waals surface area (Å²) in [5.74, 6) is -1.19. The Morgan fingerprint density at radius 3 is 2.08 bits per heavy atom. The highest BCUT2D eigenvalue weighted by Gasteiger charge is 2.28. The standard InChI is InChI=1S/C20H19NO4/c22-18(14-5-2-1-3-6-14)15-9-11-21(12-10-15)19(23)16-7-4-8-17(13-16)20(24)25/h1-8,13,15H,9-12H2,(H,24,25). The van der Waals surface area contributed by atoms with Crippen molar-refractivity contribution in [2.24, 2.45) is 5.92 Å². The molecule has 0 spiro atoms. The normalized spacial score (nSPS) is 15.0. The fourth-order valence-electron chi connectivity index (χ4n) is 3.15. The molecule has 0 radical (unpaired) electrons. The van der Waals surface area contributed by atoms with Gasteiger partial charge >= 0.3 is 5.97 Å². The van der Waals surface area contributed by atoms with Crippen LogP contribution in [0.15, 0.2) is 54.6 Å². The van der Waals surface area contributed by atoms with Crippen LogP contribution in [0.1, 0.15) is 43.9 Å². The minimum atomic E-state index is -1.05. The second-order valence-electron chi connectivity index (χ2n) is 6.18. The van der Waals surface area contributed by atoms with Gasteiger partial charge in [0, 0.05) is 30.1 Å². The van der Waals surface area contributed by atoms with Crippen LogP contribution in [-0.2, 0) is 0 Å². The van der Waals surface area contributed by atoms with E-state index in [0.717, 1.165) is 0 Å². The quantitative estimate of drug-likeness (QED) is 0.870. The number of ketones is 1. The molecule has 1 saturated heterocycles. The fourth-order valence-corrected chi connectivity index (χ4v) is 3.15. The van der Waals surface area contributed by atoms with Crippen molar-refractivity contribution in [1.82, 2.24) is 4.90 Å². The lowest BCUT2D eigenvalue weighted by molar-refractivity contribution is 0.0650. The Morgan fingerprint density at radius 2 is 1.44 bits per heavy atom. The van der Waals surface area contributed by atoms with E-state index in [4.69, 9.17) is 5.11 Å². The van der Waals surface area contributed by atoms with Crippen LogP contribution >= 0.6 is 0 Å². The molecule has 0 aromatic heterocycles. The number of carboxylic acids is 1. The molecule has 1 aliphatic heterocycles. The second kappa shape index (κ2) is 7.30. The fraction of sp³-hybridized carbons (Fsp3) is 0.250. The predicted molar refractivity (Wildman–Crippen MR) is 92.8 cm³/mol. The average Bonchev–Trinajstić information content (AvgIpc) is 2.67. The number of amides is 1. The number of benzene rings is 2. The summed E-state index contributed by atoms with van der Waals surface area (Å²) >= 11 is 0. The molecule has 1 amide bonds. The first-order valence-corrected chi connectivity index (χ1v) is 8.28. The van der Waals surface area contributed by atoms with E-state index in [1.54, 1.807) is 17.0 Å². The van der Waals surface area contributed by atoms with Crippen molar-refractivity contribution >= 4 is 17.7 Å². The topological polar surface area (TPSA) is 74.7 Å². The van der Waals surface area contributed by atoms with E-state index in [9.17, 15) is 14.4 Å². The molecule has 5 heteroatoms. The van der Waals surface area contributed by atoms with E-state index >= 15 is 0 Å². The number of nitrogens with zero attached hydrogens (tertiary/aromatic N) is 1. The summed E-state index contributed by atoms with van der Waals surface area (Å²) in [4.78, 5) is 37.8. The zero-order chi connectivity index (χ0) is 17.8. The lowest BCUT2D eigenvalue weighted by atomic mass is 9.88. The van der Waals surface area contributed by atoms with Crippen molar-refractivity contribution in [2.45, 2.75) is 12.8 Å². The molecule has 2 aromatic rings. The van der Waals surface area contributed by atoms with E-state index in [-0.39, 0.29) is 23.2 Å². The maximum atomic E-state index is 12.6. The molecule has 1 fully saturated rings. The van der Waals surface area contributed by atoms with Crippen molar-refractivity contribution in [3.63, 3.8) is 0 Å². The Morgan fingerprint density at radius 1 is 0.840 bits per heavy atom. The number of carbonyl (C=O) groups excluding carboxylic acids is 2. The smallest absolute Gasteiger partial charge is 0.335 e. The molecular formula is C20H19NO4. The molecule has 3 rings (SSSR count). The van der Waals surface area contributed by atoms with Crippen LogP contribution in [0.3, 0.4) is 0 Å². The Bertz CT molecular complexity index is 792. The van der Waals surface area contributed by atoms with Gasteiger partial charge in [-0.3, -0.25) is 9.59 Å². The van der Waals surface area contributed by atoms with Crippen LogP contribution in [0, 0.1) is 5.92 Å². The van der Waals surface area contributed by atoms with Gasteiger partial charge in [0.05, 0.1) is 5.56 Å². The summed E-state index contributed by atoms with van der Waals surface area (Å²) in [6.45, 7) is 0.999. The molecule has 1 aliphatic rings. The first-order valence-electron chi connectivity index (χ1n) is 8.28. The van der Waals surface area contributed by atoms with Gasteiger partial charge in [0.1, 0.15) is 0 Å². The number of Topliss-reactive ketones (excluding diaryl/α,β-unsaturated/α-hetero) is 1. The van der Waals surface area contributed by atoms with Crippen LogP contribution in [-0.4, -0.2) is 40.8 Å². The predicted octanol–water partition coefficient (Wildman–Crippen LogP) is 3.12. The molecule has 1 heterocycles. The summed E-state index contributed by atoms with van der Waals surface area (Å²) in [6.07, 6.45) is 1.25. The number of rotatable bonds is 4. The molecule has 128 valence electrons. The maximum Gasteiger partial charge on any atom is 0.335 e. The molecule has 0 aliphatic carbocycles. The molecule has 25 heavy (non-hydrogen) atoms. The Balaban J connectivity index is 1.64. The van der Waals surface area contributed by atoms with E-state index in [1.165, 1.54) is 12.1 Å². The highest BCUT2D eigenvalue weighted by Crippen LogP contribution is 2.23. The van der Waals surface area contributed by atoms with Gasteiger partial charge < -0.3 is 10.0 Å². The minimum Gasteiger partial charge on any atom is -0.478 e. The van der Waals surface area contributed by atoms with Gasteiger partial charge in [0.25, 0.3) is 5.91 Å². The first kappa shape index (κ1) is 16.9. The Labute approximate surface area is 145 Å². The van der Waals surface area contributed by atoms with Gasteiger partial charge in [-0.25, -0.2) is 4.79 Å². The zero-order valence-electron chi connectivity index (χ0n) is 13.7. The second-order valence-corrected chi connectivity index (χ2v) is 6.18.